The Morgan fingerprint density at radius 1 is 1.00 bits per heavy atom. The van der Waals surface area contributed by atoms with E-state index in [9.17, 15) is 14.9 Å². The molecule has 0 saturated carbocycles. The van der Waals surface area contributed by atoms with Crippen molar-refractivity contribution < 1.29 is 9.72 Å². The molecule has 8 heteroatoms. The number of benzene rings is 3. The van der Waals surface area contributed by atoms with Crippen molar-refractivity contribution in [3.8, 4) is 16.9 Å². The first-order chi connectivity index (χ1) is 15.9. The molecule has 33 heavy (non-hydrogen) atoms. The van der Waals surface area contributed by atoms with Crippen LogP contribution in [0.1, 0.15) is 27.2 Å². The molecule has 0 radical (unpaired) electrons. The number of carbonyl (C=O) groups is 1. The quantitative estimate of drug-likeness (QED) is 0.264. The van der Waals surface area contributed by atoms with Gasteiger partial charge in [0.25, 0.3) is 11.6 Å². The van der Waals surface area contributed by atoms with Crippen LogP contribution in [0.4, 0.5) is 5.69 Å². The van der Waals surface area contributed by atoms with Crippen molar-refractivity contribution in [1.29, 1.82) is 0 Å². The number of carbonyl (C=O) groups excluding carboxylic acids is 1. The number of aromatic nitrogens is 2. The van der Waals surface area contributed by atoms with E-state index in [0.29, 0.717) is 0 Å². The first-order valence-corrected chi connectivity index (χ1v) is 10.2. The van der Waals surface area contributed by atoms with Gasteiger partial charge in [-0.15, -0.1) is 0 Å². The minimum Gasteiger partial charge on any atom is -0.265 e. The molecule has 0 aliphatic heterocycles. The Balaban J connectivity index is 1.64. The molecule has 0 saturated heterocycles. The number of aryl methyl sites for hydroxylation is 2. The molecule has 1 aromatic heterocycles. The molecule has 3 aromatic carbocycles. The minimum atomic E-state index is -0.524. The van der Waals surface area contributed by atoms with E-state index in [1.807, 2.05) is 62.4 Å². The van der Waals surface area contributed by atoms with Crippen LogP contribution in [-0.4, -0.2) is 26.8 Å². The lowest BCUT2D eigenvalue weighted by molar-refractivity contribution is -0.385. The lowest BCUT2D eigenvalue weighted by Gasteiger charge is -2.08. The van der Waals surface area contributed by atoms with Gasteiger partial charge in [-0.25, -0.2) is 10.1 Å². The van der Waals surface area contributed by atoms with Crippen molar-refractivity contribution in [2.24, 2.45) is 5.10 Å². The Morgan fingerprint density at radius 3 is 2.30 bits per heavy atom. The molecule has 4 aromatic rings. The second kappa shape index (κ2) is 9.27. The van der Waals surface area contributed by atoms with Crippen LogP contribution in [-0.2, 0) is 0 Å². The average molecular weight is 439 g/mol. The van der Waals surface area contributed by atoms with E-state index in [0.717, 1.165) is 28.1 Å². The summed E-state index contributed by atoms with van der Waals surface area (Å²) in [7, 11) is 0. The van der Waals surface area contributed by atoms with E-state index in [2.05, 4.69) is 15.6 Å². The number of hydrazone groups is 1. The van der Waals surface area contributed by atoms with E-state index in [1.165, 1.54) is 12.3 Å². The molecule has 164 valence electrons. The van der Waals surface area contributed by atoms with Gasteiger partial charge >= 0.3 is 0 Å². The molecular formula is C25H21N5O3. The Labute approximate surface area is 190 Å². The zero-order valence-corrected chi connectivity index (χ0v) is 18.1. The molecule has 0 spiro atoms. The molecule has 4 rings (SSSR count). The highest BCUT2D eigenvalue weighted by molar-refractivity contribution is 5.94. The molecule has 0 aliphatic carbocycles. The molecule has 0 fully saturated rings. The number of nitrogens with one attached hydrogen (secondary N) is 1. The number of nitro benzene ring substituents is 1. The summed E-state index contributed by atoms with van der Waals surface area (Å²) in [6.07, 6.45) is 1.24. The maximum absolute atomic E-state index is 12.8. The third-order valence-corrected chi connectivity index (χ3v) is 5.07. The van der Waals surface area contributed by atoms with E-state index in [1.54, 1.807) is 28.9 Å². The van der Waals surface area contributed by atoms with Gasteiger partial charge < -0.3 is 0 Å². The summed E-state index contributed by atoms with van der Waals surface area (Å²) in [5.41, 5.74) is 7.50. The SMILES string of the molecule is Cc1ccc(-c2cc(C(=O)N/N=C\c3ccccc3[N+](=O)[O-])nn2-c2ccc(C)cc2)cc1. The first kappa shape index (κ1) is 21.6. The fourth-order valence-electron chi connectivity index (χ4n) is 3.29. The lowest BCUT2D eigenvalue weighted by Crippen LogP contribution is -2.18. The predicted octanol–water partition coefficient (Wildman–Crippen LogP) is 4.83. The highest BCUT2D eigenvalue weighted by Crippen LogP contribution is 2.25. The number of rotatable bonds is 6. The normalized spacial score (nSPS) is 11.0. The maximum Gasteiger partial charge on any atom is 0.291 e. The van der Waals surface area contributed by atoms with Gasteiger partial charge in [0.05, 0.1) is 28.1 Å². The van der Waals surface area contributed by atoms with Crippen LogP contribution in [0.25, 0.3) is 16.9 Å². The van der Waals surface area contributed by atoms with Crippen LogP contribution >= 0.6 is 0 Å². The Hall–Kier alpha value is -4.59. The average Bonchev–Trinajstić information content (AvgIpc) is 3.26. The van der Waals surface area contributed by atoms with E-state index < -0.39 is 10.8 Å². The van der Waals surface area contributed by atoms with Crippen molar-refractivity contribution in [2.75, 3.05) is 0 Å². The summed E-state index contributed by atoms with van der Waals surface area (Å²) in [4.78, 5) is 23.4. The Kier molecular flexibility index (Phi) is 6.08. The van der Waals surface area contributed by atoms with Crippen molar-refractivity contribution >= 4 is 17.8 Å². The van der Waals surface area contributed by atoms with Gasteiger partial charge in [-0.2, -0.15) is 10.2 Å². The standard InChI is InChI=1S/C25H21N5O3/c1-17-7-11-19(12-8-17)24-15-22(28-29(24)21-13-9-18(2)10-14-21)25(31)27-26-16-20-5-3-4-6-23(20)30(32)33/h3-16H,1-2H3,(H,27,31)/b26-16-. The van der Waals surface area contributed by atoms with Crippen LogP contribution in [0, 0.1) is 24.0 Å². The summed E-state index contributed by atoms with van der Waals surface area (Å²) in [6, 6.07) is 23.6. The van der Waals surface area contributed by atoms with E-state index in [-0.39, 0.29) is 16.9 Å². The number of nitrogens with zero attached hydrogens (tertiary/aromatic N) is 4. The maximum atomic E-state index is 12.8. The molecule has 1 heterocycles. The highest BCUT2D eigenvalue weighted by atomic mass is 16.6. The van der Waals surface area contributed by atoms with Crippen molar-refractivity contribution in [1.82, 2.24) is 15.2 Å². The van der Waals surface area contributed by atoms with Gasteiger partial charge in [0, 0.05) is 11.6 Å². The number of para-hydroxylation sites is 1. The fourth-order valence-corrected chi connectivity index (χ4v) is 3.29. The van der Waals surface area contributed by atoms with Gasteiger partial charge in [-0.3, -0.25) is 14.9 Å². The van der Waals surface area contributed by atoms with Gasteiger partial charge in [0.15, 0.2) is 5.69 Å². The monoisotopic (exact) mass is 439 g/mol. The zero-order chi connectivity index (χ0) is 23.4. The van der Waals surface area contributed by atoms with Gasteiger partial charge in [0.2, 0.25) is 0 Å². The molecule has 0 bridgehead atoms. The van der Waals surface area contributed by atoms with E-state index >= 15 is 0 Å². The predicted molar refractivity (Wildman–Crippen MR) is 127 cm³/mol. The fraction of sp³-hybridized carbons (Fsp3) is 0.0800. The van der Waals surface area contributed by atoms with Crippen LogP contribution in [0.2, 0.25) is 0 Å². The van der Waals surface area contributed by atoms with Gasteiger partial charge in [0.1, 0.15) is 0 Å². The summed E-state index contributed by atoms with van der Waals surface area (Å²) < 4.78 is 1.71. The molecule has 1 N–H and O–H groups in total. The number of amides is 1. The van der Waals surface area contributed by atoms with Crippen LogP contribution < -0.4 is 5.43 Å². The summed E-state index contributed by atoms with van der Waals surface area (Å²) in [5.74, 6) is -0.524. The molecule has 0 aliphatic rings. The molecular weight excluding hydrogens is 418 g/mol. The lowest BCUT2D eigenvalue weighted by atomic mass is 10.1. The summed E-state index contributed by atoms with van der Waals surface area (Å²) >= 11 is 0. The second-order valence-corrected chi connectivity index (χ2v) is 7.54. The van der Waals surface area contributed by atoms with Crippen molar-refractivity contribution in [3.05, 3.63) is 111 Å². The van der Waals surface area contributed by atoms with Crippen LogP contribution in [0.5, 0.6) is 0 Å². The van der Waals surface area contributed by atoms with Crippen LogP contribution in [0.15, 0.2) is 84.0 Å². The zero-order valence-electron chi connectivity index (χ0n) is 18.1. The molecule has 8 nitrogen and oxygen atoms in total. The van der Waals surface area contributed by atoms with Gasteiger partial charge in [-0.1, -0.05) is 59.7 Å². The number of hydrogen-bond acceptors (Lipinski definition) is 5. The van der Waals surface area contributed by atoms with Crippen LogP contribution in [0.3, 0.4) is 0 Å². The molecule has 0 unspecified atom stereocenters. The Bertz CT molecular complexity index is 1280. The summed E-state index contributed by atoms with van der Waals surface area (Å²) in [6.45, 7) is 4.01. The third kappa shape index (κ3) is 4.85. The van der Waals surface area contributed by atoms with Crippen molar-refractivity contribution in [2.45, 2.75) is 13.8 Å². The smallest absolute Gasteiger partial charge is 0.265 e. The number of hydrogen-bond donors (Lipinski definition) is 1. The second-order valence-electron chi connectivity index (χ2n) is 7.54. The molecule has 0 atom stereocenters. The Morgan fingerprint density at radius 2 is 1.64 bits per heavy atom. The highest BCUT2D eigenvalue weighted by Gasteiger charge is 2.17. The summed E-state index contributed by atoms with van der Waals surface area (Å²) in [5, 5.41) is 19.5. The van der Waals surface area contributed by atoms with E-state index in [4.69, 9.17) is 0 Å². The minimum absolute atomic E-state index is 0.0965. The third-order valence-electron chi connectivity index (χ3n) is 5.07. The molecule has 1 amide bonds. The first-order valence-electron chi connectivity index (χ1n) is 10.2. The topological polar surface area (TPSA) is 102 Å². The largest absolute Gasteiger partial charge is 0.291 e. The number of nitro groups is 1. The van der Waals surface area contributed by atoms with Crippen molar-refractivity contribution in [3.63, 3.8) is 0 Å². The van der Waals surface area contributed by atoms with Gasteiger partial charge in [-0.05, 0) is 38.1 Å².